The van der Waals surface area contributed by atoms with Crippen LogP contribution >= 0.6 is 11.8 Å². The van der Waals surface area contributed by atoms with Crippen molar-refractivity contribution in [1.82, 2.24) is 20.2 Å². The van der Waals surface area contributed by atoms with Crippen LogP contribution in [0.15, 0.2) is 47.6 Å². The average molecular weight is 364 g/mol. The second kappa shape index (κ2) is 7.41. The summed E-state index contributed by atoms with van der Waals surface area (Å²) in [6.07, 6.45) is 4.67. The first-order valence-electron chi connectivity index (χ1n) is 8.84. The lowest BCUT2D eigenvalue weighted by Crippen LogP contribution is -2.08. The van der Waals surface area contributed by atoms with E-state index in [2.05, 4.69) is 27.7 Å². The molecule has 3 aromatic rings. The minimum Gasteiger partial charge on any atom is -0.293 e. The van der Waals surface area contributed by atoms with Crippen LogP contribution in [0.5, 0.6) is 0 Å². The number of thioether (sulfide) groups is 1. The molecule has 0 unspecified atom stereocenters. The number of rotatable bonds is 5. The van der Waals surface area contributed by atoms with Gasteiger partial charge >= 0.3 is 0 Å². The number of fused-ring (bicyclic) bond motifs is 1. The van der Waals surface area contributed by atoms with Crippen molar-refractivity contribution in [2.24, 2.45) is 0 Å². The van der Waals surface area contributed by atoms with Crippen molar-refractivity contribution < 1.29 is 4.79 Å². The van der Waals surface area contributed by atoms with Gasteiger partial charge in [-0.05, 0) is 77.9 Å². The van der Waals surface area contributed by atoms with Crippen LogP contribution in [0, 0.1) is 6.92 Å². The predicted octanol–water partition coefficient (Wildman–Crippen LogP) is 3.82. The number of carbonyl (C=O) groups is 1. The Kier molecular flexibility index (Phi) is 4.84. The molecule has 0 saturated carbocycles. The van der Waals surface area contributed by atoms with E-state index >= 15 is 0 Å². The molecule has 1 heterocycles. The maximum Gasteiger partial charge on any atom is 0.214 e. The highest BCUT2D eigenvalue weighted by Crippen LogP contribution is 2.24. The minimum atomic E-state index is 0.113. The maximum absolute atomic E-state index is 12.6. The molecule has 0 amide bonds. The molecule has 0 spiro atoms. The first kappa shape index (κ1) is 17.0. The molecular weight excluding hydrogens is 344 g/mol. The SMILES string of the molecule is Cc1cccc(-n2nnnc2SCC(=O)c2ccc3c(c2)CCCC3)c1. The zero-order chi connectivity index (χ0) is 17.9. The molecule has 0 atom stereocenters. The topological polar surface area (TPSA) is 60.7 Å². The van der Waals surface area contributed by atoms with Crippen LogP contribution in [0.1, 0.15) is 39.9 Å². The fourth-order valence-electron chi connectivity index (χ4n) is 3.31. The Bertz CT molecular complexity index is 950. The number of ketones is 1. The number of hydrogen-bond donors (Lipinski definition) is 0. The van der Waals surface area contributed by atoms with Crippen molar-refractivity contribution in [3.63, 3.8) is 0 Å². The van der Waals surface area contributed by atoms with E-state index in [9.17, 15) is 4.79 Å². The zero-order valence-electron chi connectivity index (χ0n) is 14.7. The minimum absolute atomic E-state index is 0.113. The molecule has 0 N–H and O–H groups in total. The predicted molar refractivity (Wildman–Crippen MR) is 102 cm³/mol. The number of benzene rings is 2. The Labute approximate surface area is 156 Å². The monoisotopic (exact) mass is 364 g/mol. The smallest absolute Gasteiger partial charge is 0.214 e. The Morgan fingerprint density at radius 3 is 2.81 bits per heavy atom. The number of nitrogens with zero attached hydrogens (tertiary/aromatic N) is 4. The van der Waals surface area contributed by atoms with Gasteiger partial charge < -0.3 is 0 Å². The third-order valence-corrected chi connectivity index (χ3v) is 5.61. The van der Waals surface area contributed by atoms with E-state index in [1.807, 2.05) is 37.3 Å². The van der Waals surface area contributed by atoms with E-state index < -0.39 is 0 Å². The van der Waals surface area contributed by atoms with Gasteiger partial charge in [0.2, 0.25) is 5.16 Å². The average Bonchev–Trinajstić information content (AvgIpc) is 3.14. The van der Waals surface area contributed by atoms with E-state index in [-0.39, 0.29) is 5.78 Å². The highest BCUT2D eigenvalue weighted by Gasteiger charge is 2.15. The Morgan fingerprint density at radius 1 is 1.12 bits per heavy atom. The van der Waals surface area contributed by atoms with Crippen LogP contribution in [0.25, 0.3) is 5.69 Å². The van der Waals surface area contributed by atoms with Gasteiger partial charge in [-0.2, -0.15) is 4.68 Å². The largest absolute Gasteiger partial charge is 0.293 e. The first-order chi connectivity index (χ1) is 12.7. The molecule has 132 valence electrons. The van der Waals surface area contributed by atoms with Gasteiger partial charge in [0.15, 0.2) is 5.78 Å². The van der Waals surface area contributed by atoms with E-state index in [4.69, 9.17) is 0 Å². The summed E-state index contributed by atoms with van der Waals surface area (Å²) in [4.78, 5) is 12.6. The van der Waals surface area contributed by atoms with E-state index in [0.29, 0.717) is 10.9 Å². The fraction of sp³-hybridized carbons (Fsp3) is 0.300. The first-order valence-corrected chi connectivity index (χ1v) is 9.82. The molecule has 0 bridgehead atoms. The van der Waals surface area contributed by atoms with Crippen molar-refractivity contribution in [2.45, 2.75) is 37.8 Å². The summed E-state index contributed by atoms with van der Waals surface area (Å²) in [7, 11) is 0. The van der Waals surface area contributed by atoms with Gasteiger partial charge in [-0.3, -0.25) is 4.79 Å². The molecule has 0 radical (unpaired) electrons. The van der Waals surface area contributed by atoms with E-state index in [1.54, 1.807) is 4.68 Å². The van der Waals surface area contributed by atoms with Gasteiger partial charge in [-0.1, -0.05) is 36.0 Å². The Hall–Kier alpha value is -2.47. The van der Waals surface area contributed by atoms with Gasteiger partial charge in [0, 0.05) is 5.56 Å². The summed E-state index contributed by atoms with van der Waals surface area (Å²) < 4.78 is 1.68. The highest BCUT2D eigenvalue weighted by molar-refractivity contribution is 7.99. The van der Waals surface area contributed by atoms with Gasteiger partial charge in [0.25, 0.3) is 0 Å². The molecule has 0 fully saturated rings. The third-order valence-electron chi connectivity index (χ3n) is 4.69. The number of aromatic nitrogens is 4. The summed E-state index contributed by atoms with van der Waals surface area (Å²) in [5.74, 6) is 0.437. The molecule has 6 heteroatoms. The number of tetrazole rings is 1. The number of hydrogen-bond acceptors (Lipinski definition) is 5. The van der Waals surface area contributed by atoms with Crippen molar-refractivity contribution in [2.75, 3.05) is 5.75 Å². The van der Waals surface area contributed by atoms with Crippen LogP contribution in [0.3, 0.4) is 0 Å². The van der Waals surface area contributed by atoms with Crippen LogP contribution in [-0.4, -0.2) is 31.7 Å². The van der Waals surface area contributed by atoms with Gasteiger partial charge in [-0.15, -0.1) is 5.10 Å². The number of carbonyl (C=O) groups excluding carboxylic acids is 1. The molecule has 4 rings (SSSR count). The highest BCUT2D eigenvalue weighted by atomic mass is 32.2. The fourth-order valence-corrected chi connectivity index (χ4v) is 4.10. The van der Waals surface area contributed by atoms with Gasteiger partial charge in [-0.25, -0.2) is 0 Å². The summed E-state index contributed by atoms with van der Waals surface area (Å²) in [5, 5.41) is 12.5. The molecule has 1 aromatic heterocycles. The Balaban J connectivity index is 1.48. The van der Waals surface area contributed by atoms with Gasteiger partial charge in [0.1, 0.15) is 0 Å². The zero-order valence-corrected chi connectivity index (χ0v) is 15.5. The van der Waals surface area contributed by atoms with Gasteiger partial charge in [0.05, 0.1) is 11.4 Å². The van der Waals surface area contributed by atoms with E-state index in [1.165, 1.54) is 35.7 Å². The Morgan fingerprint density at radius 2 is 1.96 bits per heavy atom. The van der Waals surface area contributed by atoms with Crippen molar-refractivity contribution >= 4 is 17.5 Å². The molecule has 5 nitrogen and oxygen atoms in total. The van der Waals surface area contributed by atoms with Crippen molar-refractivity contribution in [3.8, 4) is 5.69 Å². The standard InChI is InChI=1S/C20H20N4OS/c1-14-5-4-8-18(11-14)24-20(21-22-23-24)26-13-19(25)17-10-9-15-6-2-3-7-16(15)12-17/h4-5,8-12H,2-3,6-7,13H2,1H3. The van der Waals surface area contributed by atoms with Crippen LogP contribution in [0.4, 0.5) is 0 Å². The van der Waals surface area contributed by atoms with Crippen LogP contribution in [-0.2, 0) is 12.8 Å². The second-order valence-corrected chi connectivity index (χ2v) is 7.56. The summed E-state index contributed by atoms with van der Waals surface area (Å²) in [6, 6.07) is 14.1. The molecule has 1 aliphatic rings. The second-order valence-electron chi connectivity index (χ2n) is 6.61. The molecule has 26 heavy (non-hydrogen) atoms. The third kappa shape index (κ3) is 3.55. The lowest BCUT2D eigenvalue weighted by molar-refractivity contribution is 0.102. The molecule has 0 aliphatic heterocycles. The number of Topliss-reactive ketones (excluding diaryl/α,β-unsaturated/α-hetero) is 1. The van der Waals surface area contributed by atoms with Crippen LogP contribution < -0.4 is 0 Å². The van der Waals surface area contributed by atoms with E-state index in [0.717, 1.165) is 29.7 Å². The summed E-state index contributed by atoms with van der Waals surface area (Å²) >= 11 is 1.37. The molecular formula is C20H20N4OS. The normalized spacial score (nSPS) is 13.4. The van der Waals surface area contributed by atoms with Crippen LogP contribution in [0.2, 0.25) is 0 Å². The summed E-state index contributed by atoms with van der Waals surface area (Å²) in [5.41, 5.74) is 5.55. The quantitative estimate of drug-likeness (QED) is 0.509. The van der Waals surface area contributed by atoms with Crippen molar-refractivity contribution in [1.29, 1.82) is 0 Å². The molecule has 2 aromatic carbocycles. The maximum atomic E-state index is 12.6. The summed E-state index contributed by atoms with van der Waals surface area (Å²) in [6.45, 7) is 2.03. The lowest BCUT2D eigenvalue weighted by Gasteiger charge is -2.16. The number of aryl methyl sites for hydroxylation is 3. The molecule has 1 aliphatic carbocycles. The lowest BCUT2D eigenvalue weighted by atomic mass is 9.90. The molecule has 0 saturated heterocycles. The van der Waals surface area contributed by atoms with Crippen molar-refractivity contribution in [3.05, 3.63) is 64.7 Å².